The first kappa shape index (κ1) is 8.65. The van der Waals surface area contributed by atoms with Gasteiger partial charge in [-0.3, -0.25) is 4.79 Å². The summed E-state index contributed by atoms with van der Waals surface area (Å²) in [6.45, 7) is 3.43. The summed E-state index contributed by atoms with van der Waals surface area (Å²) in [7, 11) is 0. The Hall–Kier alpha value is -1.44. The van der Waals surface area contributed by atoms with Gasteiger partial charge in [-0.1, -0.05) is 24.3 Å². The first-order valence-corrected chi connectivity index (χ1v) is 3.80. The first-order chi connectivity index (χ1) is 5.70. The van der Waals surface area contributed by atoms with Crippen molar-refractivity contribution in [3.05, 3.63) is 35.4 Å². The molecular weight excluding hydrogens is 150 g/mol. The highest BCUT2D eigenvalue weighted by Gasteiger charge is 1.91. The molecule has 0 saturated heterocycles. The van der Waals surface area contributed by atoms with E-state index >= 15 is 0 Å². The molecule has 0 fully saturated rings. The van der Waals surface area contributed by atoms with E-state index in [9.17, 15) is 4.79 Å². The fourth-order valence-corrected chi connectivity index (χ4v) is 0.892. The third kappa shape index (κ3) is 2.31. The van der Waals surface area contributed by atoms with E-state index in [1.807, 2.05) is 31.2 Å². The van der Waals surface area contributed by atoms with E-state index < -0.39 is 0 Å². The molecule has 2 heteroatoms. The van der Waals surface area contributed by atoms with Crippen molar-refractivity contribution in [2.24, 2.45) is 4.99 Å². The number of nitrogens with zero attached hydrogens (tertiary/aromatic N) is 1. The van der Waals surface area contributed by atoms with Crippen LogP contribution < -0.4 is 0 Å². The minimum absolute atomic E-state index is 0.168. The van der Waals surface area contributed by atoms with Crippen LogP contribution in [0.15, 0.2) is 29.3 Å². The fraction of sp³-hybridized carbons (Fsp3) is 0.200. The highest BCUT2D eigenvalue weighted by atomic mass is 16.1. The number of rotatable bonds is 1. The summed E-state index contributed by atoms with van der Waals surface area (Å²) >= 11 is 0. The second kappa shape index (κ2) is 3.81. The maximum absolute atomic E-state index is 10.5. The standard InChI is InChI=1S/C10H11NO/c1-8-5-3-4-6-10(8)7-11-9(2)12/h3-7H,1-2H3. The molecule has 0 unspecified atom stereocenters. The summed E-state index contributed by atoms with van der Waals surface area (Å²) in [6, 6.07) is 7.80. The van der Waals surface area contributed by atoms with Crippen LogP contribution in [-0.4, -0.2) is 12.1 Å². The Morgan fingerprint density at radius 1 is 1.42 bits per heavy atom. The van der Waals surface area contributed by atoms with E-state index in [4.69, 9.17) is 0 Å². The van der Waals surface area contributed by atoms with Gasteiger partial charge in [-0.25, -0.2) is 4.99 Å². The van der Waals surface area contributed by atoms with Crippen LogP contribution in [0, 0.1) is 6.92 Å². The summed E-state index contributed by atoms with van der Waals surface area (Å²) in [6.07, 6.45) is 1.59. The van der Waals surface area contributed by atoms with Crippen molar-refractivity contribution in [3.8, 4) is 0 Å². The van der Waals surface area contributed by atoms with Gasteiger partial charge in [0.05, 0.1) is 0 Å². The molecule has 0 radical (unpaired) electrons. The van der Waals surface area contributed by atoms with Crippen LogP contribution >= 0.6 is 0 Å². The molecule has 1 aromatic rings. The van der Waals surface area contributed by atoms with Gasteiger partial charge in [0, 0.05) is 13.1 Å². The van der Waals surface area contributed by atoms with Crippen molar-refractivity contribution in [1.82, 2.24) is 0 Å². The molecule has 0 aliphatic rings. The normalized spacial score (nSPS) is 10.5. The van der Waals surface area contributed by atoms with Crippen molar-refractivity contribution in [2.75, 3.05) is 0 Å². The van der Waals surface area contributed by atoms with Crippen molar-refractivity contribution in [3.63, 3.8) is 0 Å². The Morgan fingerprint density at radius 3 is 2.67 bits per heavy atom. The van der Waals surface area contributed by atoms with E-state index in [1.54, 1.807) is 6.21 Å². The Labute approximate surface area is 71.9 Å². The summed E-state index contributed by atoms with van der Waals surface area (Å²) in [4.78, 5) is 14.2. The predicted octanol–water partition coefficient (Wildman–Crippen LogP) is 1.96. The molecule has 12 heavy (non-hydrogen) atoms. The van der Waals surface area contributed by atoms with Crippen molar-refractivity contribution < 1.29 is 4.79 Å². The molecule has 62 valence electrons. The predicted molar refractivity (Wildman–Crippen MR) is 49.5 cm³/mol. The number of carbonyl (C=O) groups is 1. The third-order valence-electron chi connectivity index (χ3n) is 1.57. The molecule has 1 aromatic carbocycles. The number of amides is 1. The van der Waals surface area contributed by atoms with E-state index in [2.05, 4.69) is 4.99 Å². The van der Waals surface area contributed by atoms with Crippen LogP contribution in [0.25, 0.3) is 0 Å². The molecule has 0 N–H and O–H groups in total. The fourth-order valence-electron chi connectivity index (χ4n) is 0.892. The zero-order valence-corrected chi connectivity index (χ0v) is 7.24. The number of carbonyl (C=O) groups excluding carboxylic acids is 1. The van der Waals surface area contributed by atoms with E-state index in [0.29, 0.717) is 0 Å². The Morgan fingerprint density at radius 2 is 2.08 bits per heavy atom. The summed E-state index contributed by atoms with van der Waals surface area (Å²) < 4.78 is 0. The van der Waals surface area contributed by atoms with Crippen LogP contribution in [-0.2, 0) is 4.79 Å². The van der Waals surface area contributed by atoms with Gasteiger partial charge in [0.15, 0.2) is 0 Å². The van der Waals surface area contributed by atoms with Crippen molar-refractivity contribution in [2.45, 2.75) is 13.8 Å². The molecule has 2 nitrogen and oxygen atoms in total. The second-order valence-corrected chi connectivity index (χ2v) is 2.63. The Balaban J connectivity index is 2.89. The summed E-state index contributed by atoms with van der Waals surface area (Å²) in [5.74, 6) is -0.168. The average Bonchev–Trinajstić information content (AvgIpc) is 2.03. The lowest BCUT2D eigenvalue weighted by Crippen LogP contribution is -1.89. The van der Waals surface area contributed by atoms with Crippen LogP contribution in [0.2, 0.25) is 0 Å². The van der Waals surface area contributed by atoms with Crippen LogP contribution in [0.1, 0.15) is 18.1 Å². The highest BCUT2D eigenvalue weighted by Crippen LogP contribution is 2.03. The van der Waals surface area contributed by atoms with Gasteiger partial charge in [-0.15, -0.1) is 0 Å². The summed E-state index contributed by atoms with van der Waals surface area (Å²) in [5, 5.41) is 0. The highest BCUT2D eigenvalue weighted by molar-refractivity contribution is 5.91. The molecule has 1 amide bonds. The van der Waals surface area contributed by atoms with Gasteiger partial charge < -0.3 is 0 Å². The number of aliphatic imine (C=N–C) groups is 1. The molecule has 0 aromatic heterocycles. The maximum Gasteiger partial charge on any atom is 0.242 e. The first-order valence-electron chi connectivity index (χ1n) is 3.80. The number of aryl methyl sites for hydroxylation is 1. The van der Waals surface area contributed by atoms with Crippen molar-refractivity contribution >= 4 is 12.1 Å². The Kier molecular flexibility index (Phi) is 2.75. The molecule has 0 spiro atoms. The average molecular weight is 161 g/mol. The van der Waals surface area contributed by atoms with E-state index in [1.165, 1.54) is 6.92 Å². The molecule has 1 rings (SSSR count). The molecule has 0 saturated carbocycles. The van der Waals surface area contributed by atoms with Gasteiger partial charge in [0.25, 0.3) is 0 Å². The molecule has 0 aliphatic carbocycles. The molecule has 0 atom stereocenters. The molecule has 0 aliphatic heterocycles. The van der Waals surface area contributed by atoms with E-state index in [-0.39, 0.29) is 5.91 Å². The second-order valence-electron chi connectivity index (χ2n) is 2.63. The van der Waals surface area contributed by atoms with Crippen LogP contribution in [0.3, 0.4) is 0 Å². The zero-order valence-electron chi connectivity index (χ0n) is 7.24. The lowest BCUT2D eigenvalue weighted by atomic mass is 10.1. The maximum atomic E-state index is 10.5. The SMILES string of the molecule is CC(=O)N=Cc1ccccc1C. The van der Waals surface area contributed by atoms with Gasteiger partial charge in [-0.05, 0) is 18.1 Å². The molecular formula is C10H11NO. The zero-order chi connectivity index (χ0) is 8.97. The number of hydrogen-bond acceptors (Lipinski definition) is 1. The van der Waals surface area contributed by atoms with Gasteiger partial charge in [-0.2, -0.15) is 0 Å². The third-order valence-corrected chi connectivity index (χ3v) is 1.57. The monoisotopic (exact) mass is 161 g/mol. The van der Waals surface area contributed by atoms with E-state index in [0.717, 1.165) is 11.1 Å². The van der Waals surface area contributed by atoms with Gasteiger partial charge in [0.1, 0.15) is 0 Å². The largest absolute Gasteiger partial charge is 0.273 e. The van der Waals surface area contributed by atoms with Gasteiger partial charge >= 0.3 is 0 Å². The van der Waals surface area contributed by atoms with Crippen LogP contribution in [0.4, 0.5) is 0 Å². The Bertz CT molecular complexity index is 315. The quantitative estimate of drug-likeness (QED) is 0.579. The lowest BCUT2D eigenvalue weighted by Gasteiger charge is -1.95. The number of hydrogen-bond donors (Lipinski definition) is 0. The smallest absolute Gasteiger partial charge is 0.242 e. The summed E-state index contributed by atoms with van der Waals surface area (Å²) in [5.41, 5.74) is 2.12. The molecule has 0 bridgehead atoms. The minimum Gasteiger partial charge on any atom is -0.273 e. The number of benzene rings is 1. The lowest BCUT2D eigenvalue weighted by molar-refractivity contribution is -0.115. The topological polar surface area (TPSA) is 29.4 Å². The molecule has 0 heterocycles. The van der Waals surface area contributed by atoms with Gasteiger partial charge in [0.2, 0.25) is 5.91 Å². The minimum atomic E-state index is -0.168. The van der Waals surface area contributed by atoms with Crippen molar-refractivity contribution in [1.29, 1.82) is 0 Å². The van der Waals surface area contributed by atoms with Crippen LogP contribution in [0.5, 0.6) is 0 Å².